The Labute approximate surface area is 203 Å². The molecule has 0 fully saturated rings. The number of nitrogens with one attached hydrogen (secondary N) is 1. The van der Waals surface area contributed by atoms with Gasteiger partial charge in [0, 0.05) is 27.7 Å². The highest BCUT2D eigenvalue weighted by Crippen LogP contribution is 2.20. The number of rotatable bonds is 10. The number of carbonyl (C=O) groups excluding carboxylic acids is 2. The zero-order valence-corrected chi connectivity index (χ0v) is 20.2. The first-order chi connectivity index (χ1) is 15.5. The molecule has 0 saturated heterocycles. The summed E-state index contributed by atoms with van der Waals surface area (Å²) in [5.74, 6) is 0.514. The van der Waals surface area contributed by atoms with E-state index in [4.69, 9.17) is 11.6 Å². The lowest BCUT2D eigenvalue weighted by atomic mass is 10.2. The number of amides is 1. The molecular formula is C23H20BrClN4O2S. The summed E-state index contributed by atoms with van der Waals surface area (Å²) in [6.07, 6.45) is 4.79. The fourth-order valence-electron chi connectivity index (χ4n) is 2.72. The van der Waals surface area contributed by atoms with Gasteiger partial charge in [-0.2, -0.15) is 0 Å². The summed E-state index contributed by atoms with van der Waals surface area (Å²) < 4.78 is 2.74. The van der Waals surface area contributed by atoms with Crippen LogP contribution in [0.2, 0.25) is 5.02 Å². The van der Waals surface area contributed by atoms with Gasteiger partial charge in [0.15, 0.2) is 16.8 Å². The Morgan fingerprint density at radius 3 is 2.62 bits per heavy atom. The Kier molecular flexibility index (Phi) is 8.84. The first kappa shape index (κ1) is 24.0. The van der Waals surface area contributed by atoms with Crippen molar-refractivity contribution in [2.45, 2.75) is 18.2 Å². The molecule has 1 aromatic heterocycles. The molecular weight excluding hydrogens is 512 g/mol. The fraction of sp³-hybridized carbons (Fsp3) is 0.130. The van der Waals surface area contributed by atoms with Gasteiger partial charge in [-0.1, -0.05) is 75.7 Å². The Hall–Kier alpha value is -2.68. The lowest BCUT2D eigenvalue weighted by Gasteiger charge is -2.08. The molecule has 0 atom stereocenters. The van der Waals surface area contributed by atoms with Crippen LogP contribution in [0, 0.1) is 0 Å². The van der Waals surface area contributed by atoms with Crippen molar-refractivity contribution in [1.82, 2.24) is 20.1 Å². The van der Waals surface area contributed by atoms with Crippen molar-refractivity contribution >= 4 is 57.1 Å². The van der Waals surface area contributed by atoms with Gasteiger partial charge in [-0.05, 0) is 29.8 Å². The van der Waals surface area contributed by atoms with Crippen LogP contribution >= 0.6 is 39.3 Å². The van der Waals surface area contributed by atoms with Gasteiger partial charge in [-0.15, -0.1) is 16.8 Å². The summed E-state index contributed by atoms with van der Waals surface area (Å²) in [5, 5.41) is 12.3. The molecule has 1 N–H and O–H groups in total. The number of Topliss-reactive ketones (excluding diaryl/α,β-unsaturated/α-hetero) is 1. The van der Waals surface area contributed by atoms with Crippen LogP contribution in [0.3, 0.4) is 0 Å². The third-order valence-corrected chi connectivity index (χ3v) is 6.18. The minimum absolute atomic E-state index is 0.00443. The Morgan fingerprint density at radius 2 is 1.91 bits per heavy atom. The zero-order chi connectivity index (χ0) is 22.9. The number of carbonyl (C=O) groups is 2. The number of ketones is 1. The topological polar surface area (TPSA) is 76.9 Å². The number of thioether (sulfide) groups is 1. The van der Waals surface area contributed by atoms with E-state index < -0.39 is 0 Å². The minimum atomic E-state index is -0.280. The van der Waals surface area contributed by atoms with Crippen LogP contribution < -0.4 is 5.32 Å². The molecule has 1 heterocycles. The van der Waals surface area contributed by atoms with Crippen LogP contribution in [-0.2, 0) is 17.9 Å². The molecule has 0 spiro atoms. The second kappa shape index (κ2) is 11.8. The average Bonchev–Trinajstić information content (AvgIpc) is 3.17. The second-order valence-corrected chi connectivity index (χ2v) is 8.85. The van der Waals surface area contributed by atoms with Gasteiger partial charge in [0.1, 0.15) is 0 Å². The van der Waals surface area contributed by atoms with Gasteiger partial charge in [0.05, 0.1) is 12.3 Å². The molecule has 0 aliphatic carbocycles. The van der Waals surface area contributed by atoms with Crippen LogP contribution in [0.15, 0.2) is 76.9 Å². The molecule has 1 amide bonds. The molecule has 2 aromatic carbocycles. The highest BCUT2D eigenvalue weighted by molar-refractivity contribution is 9.10. The lowest BCUT2D eigenvalue weighted by molar-refractivity contribution is -0.116. The van der Waals surface area contributed by atoms with E-state index in [1.807, 2.05) is 34.9 Å². The van der Waals surface area contributed by atoms with Crippen molar-refractivity contribution in [1.29, 1.82) is 0 Å². The zero-order valence-electron chi connectivity index (χ0n) is 17.0. The molecule has 0 bridgehead atoms. The van der Waals surface area contributed by atoms with Crippen LogP contribution in [0.1, 0.15) is 21.7 Å². The van der Waals surface area contributed by atoms with Crippen LogP contribution in [-0.4, -0.2) is 32.2 Å². The van der Waals surface area contributed by atoms with Gasteiger partial charge in [-0.25, -0.2) is 0 Å². The van der Waals surface area contributed by atoms with Crippen LogP contribution in [0.25, 0.3) is 6.08 Å². The first-order valence-electron chi connectivity index (χ1n) is 9.63. The molecule has 6 nitrogen and oxygen atoms in total. The van der Waals surface area contributed by atoms with Gasteiger partial charge in [0.25, 0.3) is 0 Å². The summed E-state index contributed by atoms with van der Waals surface area (Å²) in [4.78, 5) is 24.6. The van der Waals surface area contributed by atoms with Crippen molar-refractivity contribution in [2.75, 3.05) is 5.75 Å². The van der Waals surface area contributed by atoms with E-state index in [0.717, 1.165) is 10.0 Å². The smallest absolute Gasteiger partial charge is 0.244 e. The third kappa shape index (κ3) is 6.66. The minimum Gasteiger partial charge on any atom is -0.345 e. The highest BCUT2D eigenvalue weighted by atomic mass is 79.9. The first-order valence-corrected chi connectivity index (χ1v) is 11.8. The summed E-state index contributed by atoms with van der Waals surface area (Å²) in [5.41, 5.74) is 1.39. The van der Waals surface area contributed by atoms with Crippen molar-refractivity contribution in [3.63, 3.8) is 0 Å². The maximum atomic E-state index is 12.4. The largest absolute Gasteiger partial charge is 0.345 e. The standard InChI is InChI=1S/C23H20BrClN4O2S/c1-2-13-29-21(14-26-22(31)12-9-16-5-3-4-6-19(16)25)27-28-23(29)32-15-20(30)17-7-10-18(24)11-8-17/h2-12H,1,13-15H2,(H,26,31). The van der Waals surface area contributed by atoms with Crippen molar-refractivity contribution < 1.29 is 9.59 Å². The van der Waals surface area contributed by atoms with Gasteiger partial charge >= 0.3 is 0 Å². The van der Waals surface area contributed by atoms with Gasteiger partial charge in [-0.3, -0.25) is 9.59 Å². The Bertz CT molecular complexity index is 1150. The van der Waals surface area contributed by atoms with Crippen LogP contribution in [0.5, 0.6) is 0 Å². The maximum absolute atomic E-state index is 12.4. The van der Waals surface area contributed by atoms with Crippen molar-refractivity contribution in [3.8, 4) is 0 Å². The molecule has 0 saturated carbocycles. The third-order valence-electron chi connectivity index (χ3n) is 4.34. The van der Waals surface area contributed by atoms with E-state index in [1.165, 1.54) is 17.8 Å². The second-order valence-electron chi connectivity index (χ2n) is 6.59. The summed E-state index contributed by atoms with van der Waals surface area (Å²) in [7, 11) is 0. The summed E-state index contributed by atoms with van der Waals surface area (Å²) >= 11 is 10.8. The van der Waals surface area contributed by atoms with E-state index in [-0.39, 0.29) is 24.0 Å². The molecule has 164 valence electrons. The van der Waals surface area contributed by atoms with Crippen molar-refractivity contribution in [2.24, 2.45) is 0 Å². The molecule has 0 radical (unpaired) electrons. The van der Waals surface area contributed by atoms with E-state index in [1.54, 1.807) is 30.4 Å². The van der Waals surface area contributed by atoms with E-state index >= 15 is 0 Å². The molecule has 0 aliphatic heterocycles. The number of allylic oxidation sites excluding steroid dienone is 1. The van der Waals surface area contributed by atoms with E-state index in [0.29, 0.717) is 28.1 Å². The number of hydrogen-bond donors (Lipinski definition) is 1. The maximum Gasteiger partial charge on any atom is 0.244 e. The summed E-state index contributed by atoms with van der Waals surface area (Å²) in [6, 6.07) is 14.5. The molecule has 0 unspecified atom stereocenters. The number of aromatic nitrogens is 3. The van der Waals surface area contributed by atoms with Gasteiger partial charge in [0.2, 0.25) is 5.91 Å². The highest BCUT2D eigenvalue weighted by Gasteiger charge is 2.15. The molecule has 32 heavy (non-hydrogen) atoms. The normalized spacial score (nSPS) is 10.9. The van der Waals surface area contributed by atoms with Crippen molar-refractivity contribution in [3.05, 3.63) is 93.7 Å². The fourth-order valence-corrected chi connectivity index (χ4v) is 4.04. The molecule has 9 heteroatoms. The van der Waals surface area contributed by atoms with E-state index in [2.05, 4.69) is 38.0 Å². The Morgan fingerprint density at radius 1 is 1.16 bits per heavy atom. The molecule has 3 aromatic rings. The number of hydrogen-bond acceptors (Lipinski definition) is 5. The monoisotopic (exact) mass is 530 g/mol. The van der Waals surface area contributed by atoms with Crippen LogP contribution in [0.4, 0.5) is 0 Å². The molecule has 0 aliphatic rings. The molecule has 3 rings (SSSR count). The lowest BCUT2D eigenvalue weighted by Crippen LogP contribution is -2.22. The average molecular weight is 532 g/mol. The predicted molar refractivity (Wildman–Crippen MR) is 132 cm³/mol. The number of halogens is 2. The summed E-state index contributed by atoms with van der Waals surface area (Å²) in [6.45, 7) is 4.42. The predicted octanol–water partition coefficient (Wildman–Crippen LogP) is 5.18. The number of nitrogens with zero attached hydrogens (tertiary/aromatic N) is 3. The SMILES string of the molecule is C=CCn1c(CNC(=O)C=Cc2ccccc2Cl)nnc1SCC(=O)c1ccc(Br)cc1. The number of benzene rings is 2. The Balaban J connectivity index is 1.60. The van der Waals surface area contributed by atoms with Gasteiger partial charge < -0.3 is 9.88 Å². The quantitative estimate of drug-likeness (QED) is 0.169. The van der Waals surface area contributed by atoms with E-state index in [9.17, 15) is 9.59 Å².